The van der Waals surface area contributed by atoms with Crippen LogP contribution >= 0.6 is 11.3 Å². The Morgan fingerprint density at radius 2 is 2.12 bits per heavy atom. The van der Waals surface area contributed by atoms with Crippen LogP contribution in [0.3, 0.4) is 0 Å². The lowest BCUT2D eigenvalue weighted by atomic mass is 9.87. The molecule has 90 valence electrons. The van der Waals surface area contributed by atoms with Crippen molar-refractivity contribution in [3.8, 4) is 0 Å². The molecule has 1 fully saturated rings. The Balaban J connectivity index is 2.08. The maximum atomic E-state index is 11.0. The lowest BCUT2D eigenvalue weighted by Gasteiger charge is -2.18. The van der Waals surface area contributed by atoms with Crippen LogP contribution in [0.4, 0.5) is 0 Å². The number of rotatable bonds is 2. The summed E-state index contributed by atoms with van der Waals surface area (Å²) in [7, 11) is 0. The second-order valence-corrected chi connectivity index (χ2v) is 5.98. The second kappa shape index (κ2) is 4.26. The van der Waals surface area contributed by atoms with Crippen LogP contribution in [0.15, 0.2) is 4.52 Å². The Hall–Kier alpha value is -1.16. The van der Waals surface area contributed by atoms with Gasteiger partial charge in [-0.25, -0.2) is 0 Å². The number of aryl methyl sites for hydroxylation is 1. The molecule has 17 heavy (non-hydrogen) atoms. The average Bonchev–Trinajstić information content (AvgIpc) is 2.87. The van der Waals surface area contributed by atoms with Gasteiger partial charge in [0.25, 0.3) is 0 Å². The Kier molecular flexibility index (Phi) is 2.74. The zero-order chi connectivity index (χ0) is 11.8. The van der Waals surface area contributed by atoms with Gasteiger partial charge in [-0.05, 0) is 19.8 Å². The van der Waals surface area contributed by atoms with E-state index in [2.05, 4.69) is 5.16 Å². The molecule has 0 radical (unpaired) electrons. The van der Waals surface area contributed by atoms with Crippen molar-refractivity contribution in [2.45, 2.75) is 44.9 Å². The zero-order valence-corrected chi connectivity index (χ0v) is 10.7. The van der Waals surface area contributed by atoms with Crippen molar-refractivity contribution >= 4 is 27.9 Å². The van der Waals surface area contributed by atoms with Gasteiger partial charge in [0.1, 0.15) is 5.69 Å². The molecule has 0 bridgehead atoms. The van der Waals surface area contributed by atoms with Gasteiger partial charge in [-0.3, -0.25) is 4.79 Å². The molecule has 0 spiro atoms. The predicted molar refractivity (Wildman–Crippen MR) is 67.8 cm³/mol. The van der Waals surface area contributed by atoms with Gasteiger partial charge in [0.05, 0.1) is 10.3 Å². The number of aldehydes is 1. The predicted octanol–water partition coefficient (Wildman–Crippen LogP) is 4.06. The van der Waals surface area contributed by atoms with Crippen molar-refractivity contribution in [2.24, 2.45) is 0 Å². The minimum atomic E-state index is 0.530. The second-order valence-electron chi connectivity index (χ2n) is 4.75. The minimum Gasteiger partial charge on any atom is -0.354 e. The fourth-order valence-electron chi connectivity index (χ4n) is 2.70. The fourth-order valence-corrected chi connectivity index (χ4v) is 3.81. The van der Waals surface area contributed by atoms with Crippen LogP contribution in [0.2, 0.25) is 0 Å². The molecule has 0 aromatic carbocycles. The first-order chi connectivity index (χ1) is 8.31. The number of carbonyl (C=O) groups is 1. The number of hydrogen-bond acceptors (Lipinski definition) is 4. The zero-order valence-electron chi connectivity index (χ0n) is 9.86. The summed E-state index contributed by atoms with van der Waals surface area (Å²) < 4.78 is 6.47. The van der Waals surface area contributed by atoms with E-state index in [1.54, 1.807) is 11.3 Å². The number of carbonyl (C=O) groups excluding carboxylic acids is 1. The van der Waals surface area contributed by atoms with Crippen molar-refractivity contribution in [1.29, 1.82) is 0 Å². The quantitative estimate of drug-likeness (QED) is 0.754. The van der Waals surface area contributed by atoms with Crippen molar-refractivity contribution in [3.63, 3.8) is 0 Å². The lowest BCUT2D eigenvalue weighted by Crippen LogP contribution is -2.04. The van der Waals surface area contributed by atoms with E-state index >= 15 is 0 Å². The van der Waals surface area contributed by atoms with Crippen molar-refractivity contribution < 1.29 is 9.32 Å². The molecular formula is C13H15NO2S. The van der Waals surface area contributed by atoms with E-state index in [1.165, 1.54) is 32.1 Å². The van der Waals surface area contributed by atoms with Gasteiger partial charge in [0, 0.05) is 10.8 Å². The molecule has 2 aromatic rings. The molecule has 1 aliphatic carbocycles. The molecule has 0 saturated heterocycles. The van der Waals surface area contributed by atoms with Gasteiger partial charge in [0.15, 0.2) is 11.9 Å². The molecule has 0 unspecified atom stereocenters. The molecule has 3 rings (SSSR count). The maximum Gasteiger partial charge on any atom is 0.188 e. The van der Waals surface area contributed by atoms with E-state index < -0.39 is 0 Å². The minimum absolute atomic E-state index is 0.530. The molecule has 1 aliphatic rings. The molecule has 0 aliphatic heterocycles. The summed E-state index contributed by atoms with van der Waals surface area (Å²) in [6.07, 6.45) is 7.18. The first-order valence-electron chi connectivity index (χ1n) is 6.15. The third-order valence-corrected chi connectivity index (χ3v) is 4.79. The molecule has 3 nitrogen and oxygen atoms in total. The van der Waals surface area contributed by atoms with E-state index in [-0.39, 0.29) is 0 Å². The van der Waals surface area contributed by atoms with Gasteiger partial charge in [-0.1, -0.05) is 24.4 Å². The Labute approximate surface area is 104 Å². The maximum absolute atomic E-state index is 11.0. The third-order valence-electron chi connectivity index (χ3n) is 3.66. The summed E-state index contributed by atoms with van der Waals surface area (Å²) in [6.45, 7) is 1.97. The fraction of sp³-hybridized carbons (Fsp3) is 0.538. The highest BCUT2D eigenvalue weighted by Crippen LogP contribution is 2.40. The topological polar surface area (TPSA) is 43.1 Å². The molecule has 0 atom stereocenters. The molecule has 2 aromatic heterocycles. The van der Waals surface area contributed by atoms with E-state index in [4.69, 9.17) is 4.52 Å². The summed E-state index contributed by atoms with van der Waals surface area (Å²) in [5.41, 5.74) is 2.46. The molecular weight excluding hydrogens is 234 g/mol. The number of aromatic nitrogens is 1. The Bertz CT molecular complexity index is 549. The first-order valence-corrected chi connectivity index (χ1v) is 6.96. The van der Waals surface area contributed by atoms with E-state index in [0.29, 0.717) is 17.1 Å². The summed E-state index contributed by atoms with van der Waals surface area (Å²) >= 11 is 1.64. The lowest BCUT2D eigenvalue weighted by molar-refractivity contribution is 0.112. The van der Waals surface area contributed by atoms with Crippen molar-refractivity contribution in [3.05, 3.63) is 16.1 Å². The number of nitrogens with zero attached hydrogens (tertiary/aromatic N) is 1. The highest BCUT2D eigenvalue weighted by atomic mass is 32.1. The molecule has 4 heteroatoms. The molecule has 0 amide bonds. The SMILES string of the molecule is Cc1sc2c(C3CCCCC3)noc2c1C=O. The van der Waals surface area contributed by atoms with Gasteiger partial charge < -0.3 is 4.52 Å². The standard InChI is InChI=1S/C13H15NO2S/c1-8-10(7-15)12-13(17-8)11(14-16-12)9-5-3-2-4-6-9/h7,9H,2-6H2,1H3. The summed E-state index contributed by atoms with van der Waals surface area (Å²) in [6, 6.07) is 0. The van der Waals surface area contributed by atoms with Crippen LogP contribution in [-0.4, -0.2) is 11.4 Å². The normalized spacial score (nSPS) is 17.7. The van der Waals surface area contributed by atoms with Crippen LogP contribution in [0.1, 0.15) is 59.0 Å². The summed E-state index contributed by atoms with van der Waals surface area (Å²) in [5, 5.41) is 4.21. The monoisotopic (exact) mass is 249 g/mol. The molecule has 1 saturated carbocycles. The molecule has 0 N–H and O–H groups in total. The number of hydrogen-bond donors (Lipinski definition) is 0. The van der Waals surface area contributed by atoms with Gasteiger partial charge in [0.2, 0.25) is 0 Å². The van der Waals surface area contributed by atoms with Gasteiger partial charge in [-0.2, -0.15) is 0 Å². The summed E-state index contributed by atoms with van der Waals surface area (Å²) in [4.78, 5) is 12.0. The van der Waals surface area contributed by atoms with Gasteiger partial charge in [-0.15, -0.1) is 11.3 Å². The number of thiophene rings is 1. The van der Waals surface area contributed by atoms with Crippen LogP contribution in [-0.2, 0) is 0 Å². The third kappa shape index (κ3) is 1.71. The van der Waals surface area contributed by atoms with Crippen LogP contribution in [0.5, 0.6) is 0 Å². The summed E-state index contributed by atoms with van der Waals surface area (Å²) in [5.74, 6) is 0.530. The van der Waals surface area contributed by atoms with E-state index in [1.807, 2.05) is 6.92 Å². The van der Waals surface area contributed by atoms with Crippen LogP contribution in [0.25, 0.3) is 10.3 Å². The highest BCUT2D eigenvalue weighted by Gasteiger charge is 2.25. The van der Waals surface area contributed by atoms with Crippen molar-refractivity contribution in [2.75, 3.05) is 0 Å². The van der Waals surface area contributed by atoms with E-state index in [9.17, 15) is 4.79 Å². The average molecular weight is 249 g/mol. The largest absolute Gasteiger partial charge is 0.354 e. The highest BCUT2D eigenvalue weighted by molar-refractivity contribution is 7.19. The Morgan fingerprint density at radius 3 is 2.82 bits per heavy atom. The van der Waals surface area contributed by atoms with Crippen LogP contribution in [0, 0.1) is 6.92 Å². The van der Waals surface area contributed by atoms with Crippen LogP contribution < -0.4 is 0 Å². The van der Waals surface area contributed by atoms with Gasteiger partial charge >= 0.3 is 0 Å². The smallest absolute Gasteiger partial charge is 0.188 e. The first kappa shape index (κ1) is 11.0. The van der Waals surface area contributed by atoms with Crippen molar-refractivity contribution in [1.82, 2.24) is 5.16 Å². The molecule has 2 heterocycles. The van der Waals surface area contributed by atoms with E-state index in [0.717, 1.165) is 21.6 Å². The Morgan fingerprint density at radius 1 is 1.35 bits per heavy atom. The number of fused-ring (bicyclic) bond motifs is 1.